The molecule has 3 aromatic rings. The quantitative estimate of drug-likeness (QED) is 0.563. The van der Waals surface area contributed by atoms with Gasteiger partial charge in [0.15, 0.2) is 17.2 Å². The normalized spacial score (nSPS) is 15.8. The molecule has 0 atom stereocenters. The number of ether oxygens (including phenoxy) is 2. The zero-order chi connectivity index (χ0) is 23.2. The number of hydrogen-bond donors (Lipinski definition) is 2. The van der Waals surface area contributed by atoms with Crippen molar-refractivity contribution in [2.45, 2.75) is 25.7 Å². The van der Waals surface area contributed by atoms with Crippen LogP contribution in [0.15, 0.2) is 36.4 Å². The highest BCUT2D eigenvalue weighted by atomic mass is 35.5. The lowest BCUT2D eigenvalue weighted by molar-refractivity contribution is -0.117. The number of hydrogen-bond acceptors (Lipinski definition) is 6. The molecule has 2 amide bonds. The molecule has 9 nitrogen and oxygen atoms in total. The van der Waals surface area contributed by atoms with Crippen molar-refractivity contribution >= 4 is 29.9 Å². The van der Waals surface area contributed by atoms with Gasteiger partial charge in [-0.25, -0.2) is 4.68 Å². The number of halogens is 1. The summed E-state index contributed by atoms with van der Waals surface area (Å²) in [5.41, 5.74) is 11.1. The van der Waals surface area contributed by atoms with Gasteiger partial charge in [0.05, 0.1) is 17.9 Å². The number of anilines is 1. The van der Waals surface area contributed by atoms with Crippen LogP contribution in [0.1, 0.15) is 34.5 Å². The lowest BCUT2D eigenvalue weighted by atomic mass is 9.88. The average Bonchev–Trinajstić information content (AvgIpc) is 3.57. The van der Waals surface area contributed by atoms with Crippen LogP contribution >= 0.6 is 12.4 Å². The monoisotopic (exact) mass is 495 g/mol. The van der Waals surface area contributed by atoms with Crippen molar-refractivity contribution in [3.8, 4) is 28.4 Å². The van der Waals surface area contributed by atoms with Gasteiger partial charge >= 0.3 is 0 Å². The van der Waals surface area contributed by atoms with Crippen LogP contribution in [0.25, 0.3) is 16.9 Å². The summed E-state index contributed by atoms with van der Waals surface area (Å²) in [7, 11) is 0. The van der Waals surface area contributed by atoms with E-state index in [1.54, 1.807) is 4.68 Å². The molecule has 10 heteroatoms. The van der Waals surface area contributed by atoms with E-state index in [2.05, 4.69) is 15.3 Å². The summed E-state index contributed by atoms with van der Waals surface area (Å²) in [5, 5.41) is 7.63. The zero-order valence-corrected chi connectivity index (χ0v) is 19.9. The van der Waals surface area contributed by atoms with E-state index in [-0.39, 0.29) is 30.8 Å². The highest BCUT2D eigenvalue weighted by molar-refractivity contribution is 5.96. The molecule has 0 radical (unpaired) electrons. The van der Waals surface area contributed by atoms with Crippen LogP contribution in [0.5, 0.6) is 11.5 Å². The van der Waals surface area contributed by atoms with Gasteiger partial charge in [-0.1, -0.05) is 6.07 Å². The van der Waals surface area contributed by atoms with Crippen molar-refractivity contribution < 1.29 is 19.1 Å². The van der Waals surface area contributed by atoms with Crippen LogP contribution in [0, 0.1) is 0 Å². The minimum Gasteiger partial charge on any atom is -0.454 e. The Labute approximate surface area is 208 Å². The highest BCUT2D eigenvalue weighted by Gasteiger charge is 2.29. The van der Waals surface area contributed by atoms with Crippen molar-refractivity contribution in [1.29, 1.82) is 0 Å². The number of primary amides is 1. The Kier molecular flexibility index (Phi) is 6.12. The summed E-state index contributed by atoms with van der Waals surface area (Å²) in [4.78, 5) is 27.0. The molecular formula is C25H26ClN5O4. The molecule has 2 aromatic carbocycles. The Morgan fingerprint density at radius 3 is 2.63 bits per heavy atom. The fraction of sp³-hybridized carbons (Fsp3) is 0.320. The standard InChI is InChI=1S/C25H25N5O4.ClH/c26-25(32)23-18-7-4-15-3-5-16(27-22(31)13-29-9-1-2-10-29)11-19(15)24(18)30(28-23)17-6-8-20-21(12-17)34-14-33-20;/h3,5-6,8,11-12H,1-2,4,7,9-10,13-14H2,(H2,26,32)(H,27,31);1H. The van der Waals surface area contributed by atoms with Gasteiger partial charge in [-0.2, -0.15) is 5.10 Å². The smallest absolute Gasteiger partial charge is 0.269 e. The Morgan fingerprint density at radius 1 is 1.03 bits per heavy atom. The first-order valence-electron chi connectivity index (χ1n) is 11.5. The molecule has 182 valence electrons. The molecule has 1 saturated heterocycles. The summed E-state index contributed by atoms with van der Waals surface area (Å²) >= 11 is 0. The molecule has 6 rings (SSSR count). The van der Waals surface area contributed by atoms with Gasteiger partial charge in [-0.15, -0.1) is 12.4 Å². The summed E-state index contributed by atoms with van der Waals surface area (Å²) in [6.07, 6.45) is 3.70. The van der Waals surface area contributed by atoms with E-state index < -0.39 is 5.91 Å². The second-order valence-corrected chi connectivity index (χ2v) is 8.89. The van der Waals surface area contributed by atoms with Crippen LogP contribution in [0.3, 0.4) is 0 Å². The average molecular weight is 496 g/mol. The first kappa shape index (κ1) is 23.2. The molecule has 3 aliphatic rings. The van der Waals surface area contributed by atoms with Gasteiger partial charge in [-0.05, 0) is 68.6 Å². The van der Waals surface area contributed by atoms with E-state index in [9.17, 15) is 9.59 Å². The van der Waals surface area contributed by atoms with Gasteiger partial charge in [0.2, 0.25) is 12.7 Å². The predicted molar refractivity (Wildman–Crippen MR) is 133 cm³/mol. The fourth-order valence-electron chi connectivity index (χ4n) is 5.06. The maximum Gasteiger partial charge on any atom is 0.269 e. The minimum atomic E-state index is -0.561. The second kappa shape index (κ2) is 9.24. The van der Waals surface area contributed by atoms with Crippen LogP contribution in [-0.2, 0) is 17.6 Å². The number of aryl methyl sites for hydroxylation is 1. The van der Waals surface area contributed by atoms with Crippen LogP contribution in [0.4, 0.5) is 5.69 Å². The number of benzene rings is 2. The number of likely N-dealkylation sites (tertiary alicyclic amines) is 1. The number of rotatable bonds is 5. The molecule has 0 unspecified atom stereocenters. The van der Waals surface area contributed by atoms with Crippen LogP contribution < -0.4 is 20.5 Å². The second-order valence-electron chi connectivity index (χ2n) is 8.89. The molecule has 2 aliphatic heterocycles. The summed E-state index contributed by atoms with van der Waals surface area (Å²) in [5.74, 6) is 0.707. The number of aromatic nitrogens is 2. The maximum atomic E-state index is 12.6. The summed E-state index contributed by atoms with van der Waals surface area (Å²) < 4.78 is 12.7. The molecule has 1 aliphatic carbocycles. The van der Waals surface area contributed by atoms with E-state index in [0.29, 0.717) is 24.5 Å². The van der Waals surface area contributed by atoms with E-state index >= 15 is 0 Å². The number of nitrogens with one attached hydrogen (secondary N) is 1. The first-order chi connectivity index (χ1) is 16.6. The minimum absolute atomic E-state index is 0. The number of fused-ring (bicyclic) bond motifs is 4. The van der Waals surface area contributed by atoms with Gasteiger partial charge in [0, 0.05) is 22.9 Å². The van der Waals surface area contributed by atoms with Gasteiger partial charge in [-0.3, -0.25) is 14.5 Å². The molecule has 35 heavy (non-hydrogen) atoms. The van der Waals surface area contributed by atoms with Gasteiger partial charge in [0.1, 0.15) is 0 Å². The molecular weight excluding hydrogens is 470 g/mol. The van der Waals surface area contributed by atoms with Crippen molar-refractivity contribution in [3.05, 3.63) is 53.2 Å². The molecule has 0 spiro atoms. The van der Waals surface area contributed by atoms with Crippen molar-refractivity contribution in [2.24, 2.45) is 5.73 Å². The van der Waals surface area contributed by atoms with E-state index in [1.165, 1.54) is 0 Å². The number of nitrogens with two attached hydrogens (primary N) is 1. The topological polar surface area (TPSA) is 112 Å². The largest absolute Gasteiger partial charge is 0.454 e. The lowest BCUT2D eigenvalue weighted by Gasteiger charge is -2.20. The fourth-order valence-corrected chi connectivity index (χ4v) is 5.06. The van der Waals surface area contributed by atoms with Crippen molar-refractivity contribution in [1.82, 2.24) is 14.7 Å². The molecule has 0 saturated carbocycles. The predicted octanol–water partition coefficient (Wildman–Crippen LogP) is 2.92. The maximum absolute atomic E-state index is 12.6. The summed E-state index contributed by atoms with van der Waals surface area (Å²) in [6.45, 7) is 2.49. The molecule has 0 bridgehead atoms. The Balaban J connectivity index is 0.00000253. The SMILES string of the molecule is Cl.NC(=O)c1nn(-c2ccc3c(c2)OCO3)c2c1CCc1ccc(NC(=O)CN3CCCC3)cc1-2. The number of amides is 2. The van der Waals surface area contributed by atoms with Gasteiger partial charge in [0.25, 0.3) is 5.91 Å². The highest BCUT2D eigenvalue weighted by Crippen LogP contribution is 2.40. The van der Waals surface area contributed by atoms with E-state index in [1.807, 2.05) is 36.4 Å². The number of nitrogens with zero attached hydrogens (tertiary/aromatic N) is 3. The van der Waals surface area contributed by atoms with Crippen molar-refractivity contribution in [2.75, 3.05) is 31.7 Å². The van der Waals surface area contributed by atoms with E-state index in [0.717, 1.165) is 66.1 Å². The molecule has 1 aromatic heterocycles. The Morgan fingerprint density at radius 2 is 1.83 bits per heavy atom. The Bertz CT molecular complexity index is 1320. The van der Waals surface area contributed by atoms with Crippen LogP contribution in [-0.4, -0.2) is 52.9 Å². The Hall–Kier alpha value is -3.56. The molecule has 1 fully saturated rings. The lowest BCUT2D eigenvalue weighted by Crippen LogP contribution is -2.30. The third-order valence-electron chi connectivity index (χ3n) is 6.68. The third kappa shape index (κ3) is 4.21. The third-order valence-corrected chi connectivity index (χ3v) is 6.68. The zero-order valence-electron chi connectivity index (χ0n) is 19.1. The number of carbonyl (C=O) groups excluding carboxylic acids is 2. The summed E-state index contributed by atoms with van der Waals surface area (Å²) in [6, 6.07) is 11.5. The van der Waals surface area contributed by atoms with Gasteiger partial charge < -0.3 is 20.5 Å². The van der Waals surface area contributed by atoms with Crippen LogP contribution in [0.2, 0.25) is 0 Å². The van der Waals surface area contributed by atoms with Crippen molar-refractivity contribution in [3.63, 3.8) is 0 Å². The molecule has 3 heterocycles. The molecule has 3 N–H and O–H groups in total. The number of carbonyl (C=O) groups is 2. The van der Waals surface area contributed by atoms with E-state index in [4.69, 9.17) is 15.2 Å². The first-order valence-corrected chi connectivity index (χ1v) is 11.5.